The van der Waals surface area contributed by atoms with Crippen molar-refractivity contribution in [3.05, 3.63) is 0 Å². The van der Waals surface area contributed by atoms with Crippen LogP contribution in [-0.2, 0) is 28.8 Å². The monoisotopic (exact) mass is 512 g/mol. The Kier molecular flexibility index (Phi) is 11.7. The first-order valence-corrected chi connectivity index (χ1v) is 11.5. The lowest BCUT2D eigenvalue weighted by atomic mass is 9.98. The van der Waals surface area contributed by atoms with Crippen molar-refractivity contribution in [3.8, 4) is 0 Å². The number of carbonyl (C=O) groups is 6. The lowest BCUT2D eigenvalue weighted by Gasteiger charge is -2.28. The number of aliphatic carboxylic acids is 1. The number of rotatable bonds is 14. The van der Waals surface area contributed by atoms with Gasteiger partial charge in [0.05, 0.1) is 18.5 Å². The largest absolute Gasteiger partial charge is 0.481 e. The molecule has 1 heterocycles. The number of carbonyl (C=O) groups excluding carboxylic acids is 5. The van der Waals surface area contributed by atoms with Crippen LogP contribution in [0.4, 0.5) is 0 Å². The number of carboxylic acids is 1. The molecule has 0 aromatic rings. The summed E-state index contributed by atoms with van der Waals surface area (Å²) >= 11 is 0. The lowest BCUT2D eigenvalue weighted by Crippen LogP contribution is -2.58. The predicted molar refractivity (Wildman–Crippen MR) is 128 cm³/mol. The third-order valence-corrected chi connectivity index (χ3v) is 5.62. The van der Waals surface area contributed by atoms with Crippen molar-refractivity contribution in [2.24, 2.45) is 33.8 Å². The molecule has 0 aromatic heterocycles. The highest BCUT2D eigenvalue weighted by Gasteiger charge is 2.38. The van der Waals surface area contributed by atoms with Gasteiger partial charge in [-0.15, -0.1) is 0 Å². The van der Waals surface area contributed by atoms with Crippen LogP contribution in [0.25, 0.3) is 0 Å². The maximum absolute atomic E-state index is 13.0. The van der Waals surface area contributed by atoms with E-state index in [0.717, 1.165) is 0 Å². The SMILES string of the molecule is CC(C)[C@H](NC(=O)[C@H](CC(=O)O)NC(=O)[C@@H]1CCCN1C(=O)[C@@H](N)CCCN=C(N)N)C(=O)C(N)=O. The smallest absolute Gasteiger partial charge is 0.305 e. The predicted octanol–water partition coefficient (Wildman–Crippen LogP) is -3.49. The fraction of sp³-hybridized carbons (Fsp3) is 0.667. The van der Waals surface area contributed by atoms with Crippen molar-refractivity contribution in [1.82, 2.24) is 15.5 Å². The van der Waals surface area contributed by atoms with Crippen LogP contribution in [0.5, 0.6) is 0 Å². The molecule has 15 heteroatoms. The maximum Gasteiger partial charge on any atom is 0.305 e. The van der Waals surface area contributed by atoms with E-state index in [1.807, 2.05) is 0 Å². The molecule has 0 aliphatic carbocycles. The van der Waals surface area contributed by atoms with E-state index in [4.69, 9.17) is 22.9 Å². The number of guanidine groups is 1. The highest BCUT2D eigenvalue weighted by Crippen LogP contribution is 2.19. The number of hydrogen-bond donors (Lipinski definition) is 7. The molecule has 1 saturated heterocycles. The molecular weight excluding hydrogens is 476 g/mol. The van der Waals surface area contributed by atoms with Crippen LogP contribution in [0.15, 0.2) is 4.99 Å². The van der Waals surface area contributed by atoms with Gasteiger partial charge in [0, 0.05) is 13.1 Å². The minimum atomic E-state index is -1.57. The Labute approximate surface area is 208 Å². The fourth-order valence-electron chi connectivity index (χ4n) is 3.75. The van der Waals surface area contributed by atoms with Gasteiger partial charge in [-0.3, -0.25) is 33.8 Å². The molecule has 1 rings (SSSR count). The van der Waals surface area contributed by atoms with Crippen molar-refractivity contribution in [3.63, 3.8) is 0 Å². The van der Waals surface area contributed by atoms with Crippen LogP contribution >= 0.6 is 0 Å². The average molecular weight is 513 g/mol. The van der Waals surface area contributed by atoms with E-state index in [9.17, 15) is 33.9 Å². The molecule has 0 radical (unpaired) electrons. The van der Waals surface area contributed by atoms with Crippen LogP contribution in [0, 0.1) is 5.92 Å². The van der Waals surface area contributed by atoms with Gasteiger partial charge in [0.25, 0.3) is 5.91 Å². The highest BCUT2D eigenvalue weighted by molar-refractivity contribution is 6.38. The van der Waals surface area contributed by atoms with E-state index < -0.39 is 71.9 Å². The molecule has 11 N–H and O–H groups in total. The summed E-state index contributed by atoms with van der Waals surface area (Å²) < 4.78 is 0. The summed E-state index contributed by atoms with van der Waals surface area (Å²) in [5.74, 6) is -6.51. The van der Waals surface area contributed by atoms with E-state index >= 15 is 0 Å². The van der Waals surface area contributed by atoms with Crippen LogP contribution in [0.2, 0.25) is 0 Å². The van der Waals surface area contributed by atoms with Gasteiger partial charge in [0.2, 0.25) is 23.5 Å². The molecule has 1 aliphatic rings. The molecule has 4 amide bonds. The van der Waals surface area contributed by atoms with Crippen LogP contribution in [-0.4, -0.2) is 88.6 Å². The molecule has 1 fully saturated rings. The number of hydrogen-bond acceptors (Lipinski definition) is 8. The number of nitrogens with two attached hydrogens (primary N) is 4. The van der Waals surface area contributed by atoms with Gasteiger partial charge in [-0.2, -0.15) is 0 Å². The summed E-state index contributed by atoms with van der Waals surface area (Å²) in [7, 11) is 0. The zero-order chi connectivity index (χ0) is 27.6. The first kappa shape index (κ1) is 30.3. The summed E-state index contributed by atoms with van der Waals surface area (Å²) in [5.41, 5.74) is 21.5. The van der Waals surface area contributed by atoms with Crippen LogP contribution in [0.3, 0.4) is 0 Å². The van der Waals surface area contributed by atoms with E-state index in [1.165, 1.54) is 4.90 Å². The minimum Gasteiger partial charge on any atom is -0.481 e. The molecule has 4 atom stereocenters. The standard InChI is InChI=1S/C21H36N8O7/c1-10(2)15(16(32)17(23)33)28-18(34)12(9-14(30)31)27-19(35)13-6-4-8-29(13)20(36)11(22)5-3-7-26-21(24)25/h10-13,15H,3-9,22H2,1-2H3,(H2,23,33)(H,27,35)(H,28,34)(H,30,31)(H4,24,25,26)/t11-,12-,13-,15-/m0/s1. The molecule has 1 aliphatic heterocycles. The molecule has 0 spiro atoms. The highest BCUT2D eigenvalue weighted by atomic mass is 16.4. The molecule has 0 bridgehead atoms. The second kappa shape index (κ2) is 14.0. The number of ketones is 1. The van der Waals surface area contributed by atoms with Gasteiger partial charge >= 0.3 is 5.97 Å². The Morgan fingerprint density at radius 1 is 1.08 bits per heavy atom. The molecule has 202 valence electrons. The zero-order valence-corrected chi connectivity index (χ0v) is 20.4. The zero-order valence-electron chi connectivity index (χ0n) is 20.4. The number of nitrogens with zero attached hydrogens (tertiary/aromatic N) is 2. The summed E-state index contributed by atoms with van der Waals surface area (Å²) in [6.45, 7) is 3.66. The van der Waals surface area contributed by atoms with Gasteiger partial charge < -0.3 is 43.6 Å². The number of aliphatic imine (C=N–C) groups is 1. The topological polar surface area (TPSA) is 266 Å². The van der Waals surface area contributed by atoms with E-state index in [0.29, 0.717) is 12.8 Å². The number of likely N-dealkylation sites (tertiary alicyclic amines) is 1. The van der Waals surface area contributed by atoms with Crippen molar-refractivity contribution in [2.45, 2.75) is 70.1 Å². The second-order valence-electron chi connectivity index (χ2n) is 8.86. The second-order valence-corrected chi connectivity index (χ2v) is 8.86. The van der Waals surface area contributed by atoms with Crippen molar-refractivity contribution < 1.29 is 33.9 Å². The van der Waals surface area contributed by atoms with E-state index in [2.05, 4.69) is 15.6 Å². The average Bonchev–Trinajstić information content (AvgIpc) is 3.27. The molecule has 0 aromatic carbocycles. The molecule has 0 saturated carbocycles. The van der Waals surface area contributed by atoms with Crippen molar-refractivity contribution >= 4 is 41.3 Å². The Hall–Kier alpha value is -3.75. The molecular formula is C21H36N8O7. The number of Topliss-reactive ketones (excluding diaryl/α,β-unsaturated/α-hetero) is 1. The molecule has 36 heavy (non-hydrogen) atoms. The Morgan fingerprint density at radius 2 is 1.72 bits per heavy atom. The quantitative estimate of drug-likeness (QED) is 0.0522. The summed E-state index contributed by atoms with van der Waals surface area (Å²) in [6.07, 6.45) is 0.710. The van der Waals surface area contributed by atoms with Crippen molar-refractivity contribution in [1.29, 1.82) is 0 Å². The van der Waals surface area contributed by atoms with Gasteiger partial charge in [-0.05, 0) is 31.6 Å². The Balaban J connectivity index is 2.91. The molecule has 0 unspecified atom stereocenters. The first-order valence-electron chi connectivity index (χ1n) is 11.5. The van der Waals surface area contributed by atoms with E-state index in [-0.39, 0.29) is 31.9 Å². The number of carboxylic acid groups (broad SMARTS) is 1. The third-order valence-electron chi connectivity index (χ3n) is 5.62. The Bertz CT molecular complexity index is 887. The maximum atomic E-state index is 13.0. The minimum absolute atomic E-state index is 0.0789. The molecule has 15 nitrogen and oxygen atoms in total. The number of primary amides is 1. The third kappa shape index (κ3) is 9.13. The summed E-state index contributed by atoms with van der Waals surface area (Å²) in [5, 5.41) is 13.9. The normalized spacial score (nSPS) is 17.6. The summed E-state index contributed by atoms with van der Waals surface area (Å²) in [6, 6.07) is -4.73. The van der Waals surface area contributed by atoms with E-state index in [1.54, 1.807) is 13.8 Å². The van der Waals surface area contributed by atoms with Crippen molar-refractivity contribution in [2.75, 3.05) is 13.1 Å². The van der Waals surface area contributed by atoms with Gasteiger partial charge in [0.15, 0.2) is 5.96 Å². The number of nitrogens with one attached hydrogen (secondary N) is 2. The van der Waals surface area contributed by atoms with Crippen LogP contribution in [0.1, 0.15) is 46.0 Å². The summed E-state index contributed by atoms with van der Waals surface area (Å²) in [4.78, 5) is 78.3. The lowest BCUT2D eigenvalue weighted by molar-refractivity contribution is -0.144. The van der Waals surface area contributed by atoms with Crippen LogP contribution < -0.4 is 33.6 Å². The first-order chi connectivity index (χ1) is 16.8. The number of amides is 4. The Morgan fingerprint density at radius 3 is 2.25 bits per heavy atom. The van der Waals surface area contributed by atoms with Gasteiger partial charge in [0.1, 0.15) is 12.1 Å². The van der Waals surface area contributed by atoms with Gasteiger partial charge in [-0.1, -0.05) is 13.8 Å². The fourth-order valence-corrected chi connectivity index (χ4v) is 3.75. The van der Waals surface area contributed by atoms with Gasteiger partial charge in [-0.25, -0.2) is 0 Å².